The molecule has 0 heterocycles. The van der Waals surface area contributed by atoms with Gasteiger partial charge in [-0.05, 0) is 56.1 Å². The van der Waals surface area contributed by atoms with Crippen molar-refractivity contribution in [1.29, 1.82) is 0 Å². The maximum Gasteiger partial charge on any atom is 0.330 e. The quantitative estimate of drug-likeness (QED) is 0.440. The number of alkyl halides is 2. The molecule has 3 fully saturated rings. The summed E-state index contributed by atoms with van der Waals surface area (Å²) in [5.74, 6) is -2.55. The normalized spacial score (nSPS) is 43.7. The van der Waals surface area contributed by atoms with Crippen LogP contribution < -0.4 is 0 Å². The van der Waals surface area contributed by atoms with Crippen LogP contribution in [0.5, 0.6) is 0 Å². The first-order valence-electron chi connectivity index (χ1n) is 12.8. The van der Waals surface area contributed by atoms with E-state index in [1.807, 2.05) is 13.8 Å². The molecule has 0 radical (unpaired) electrons. The van der Waals surface area contributed by atoms with Crippen molar-refractivity contribution in [3.05, 3.63) is 35.5 Å². The zero-order valence-corrected chi connectivity index (χ0v) is 21.6. The lowest BCUT2D eigenvalue weighted by molar-refractivity contribution is -0.212. The van der Waals surface area contributed by atoms with E-state index in [9.17, 15) is 19.5 Å². The topological polar surface area (TPSA) is 89.9 Å². The molecule has 0 aromatic rings. The van der Waals surface area contributed by atoms with Crippen LogP contribution in [0.15, 0.2) is 35.5 Å². The van der Waals surface area contributed by atoms with Crippen molar-refractivity contribution in [2.24, 2.45) is 28.6 Å². The van der Waals surface area contributed by atoms with Gasteiger partial charge in [-0.1, -0.05) is 32.9 Å². The fraction of sp³-hybridized carbons (Fsp3) is 0.679. The van der Waals surface area contributed by atoms with Gasteiger partial charge in [0.2, 0.25) is 0 Å². The molecule has 0 bridgehead atoms. The Labute approximate surface area is 210 Å². The summed E-state index contributed by atoms with van der Waals surface area (Å²) >= 11 is 0. The Kier molecular flexibility index (Phi) is 6.82. The molecule has 36 heavy (non-hydrogen) atoms. The fourth-order valence-corrected chi connectivity index (χ4v) is 7.69. The number of aliphatic hydroxyl groups is 1. The van der Waals surface area contributed by atoms with Gasteiger partial charge < -0.3 is 14.6 Å². The summed E-state index contributed by atoms with van der Waals surface area (Å²) in [5.41, 5.74) is -4.16. The Morgan fingerprint density at radius 2 is 1.94 bits per heavy atom. The molecule has 198 valence electrons. The summed E-state index contributed by atoms with van der Waals surface area (Å²) in [6.07, 6.45) is 2.54. The average Bonchev–Trinajstić information content (AvgIpc) is 3.06. The summed E-state index contributed by atoms with van der Waals surface area (Å²) < 4.78 is 43.6. The van der Waals surface area contributed by atoms with Gasteiger partial charge in [-0.2, -0.15) is 0 Å². The smallest absolute Gasteiger partial charge is 0.330 e. The van der Waals surface area contributed by atoms with Crippen molar-refractivity contribution in [2.75, 3.05) is 7.11 Å². The molecular weight excluding hydrogens is 470 g/mol. The van der Waals surface area contributed by atoms with E-state index < -0.39 is 52.5 Å². The number of carbonyl (C=O) groups excluding carboxylic acids is 3. The minimum absolute atomic E-state index is 0.0499. The predicted octanol–water partition coefficient (Wildman–Crippen LogP) is 4.36. The number of allylic oxidation sites excluding steroid dienone is 5. The molecule has 3 saturated carbocycles. The van der Waals surface area contributed by atoms with E-state index in [4.69, 9.17) is 4.74 Å². The predicted molar refractivity (Wildman–Crippen MR) is 128 cm³/mol. The van der Waals surface area contributed by atoms with Crippen LogP contribution in [0.3, 0.4) is 0 Å². The number of esters is 2. The van der Waals surface area contributed by atoms with E-state index in [2.05, 4.69) is 4.74 Å². The molecule has 4 aliphatic carbocycles. The second kappa shape index (κ2) is 9.19. The van der Waals surface area contributed by atoms with Gasteiger partial charge in [-0.15, -0.1) is 0 Å². The molecule has 8 heteroatoms. The summed E-state index contributed by atoms with van der Waals surface area (Å²) in [6.45, 7) is 7.15. The van der Waals surface area contributed by atoms with Crippen LogP contribution in [0.2, 0.25) is 0 Å². The minimum Gasteiger partial charge on any atom is -0.466 e. The molecule has 0 spiro atoms. The number of rotatable bonds is 5. The van der Waals surface area contributed by atoms with Crippen LogP contribution in [-0.2, 0) is 23.9 Å². The summed E-state index contributed by atoms with van der Waals surface area (Å²) in [5, 5.41) is 11.4. The number of fused-ring (bicyclic) bond motifs is 5. The third-order valence-corrected chi connectivity index (χ3v) is 9.38. The first-order chi connectivity index (χ1) is 16.8. The number of ketones is 1. The number of carbonyl (C=O) groups is 3. The molecule has 0 unspecified atom stereocenters. The second-order valence-electron chi connectivity index (χ2n) is 11.4. The van der Waals surface area contributed by atoms with Crippen LogP contribution in [0.4, 0.5) is 8.78 Å². The van der Waals surface area contributed by atoms with Crippen molar-refractivity contribution >= 4 is 17.7 Å². The highest BCUT2D eigenvalue weighted by Gasteiger charge is 2.73. The lowest BCUT2D eigenvalue weighted by atomic mass is 9.45. The van der Waals surface area contributed by atoms with Gasteiger partial charge in [0, 0.05) is 34.8 Å². The number of hydrogen-bond acceptors (Lipinski definition) is 6. The van der Waals surface area contributed by atoms with Crippen LogP contribution in [0.1, 0.15) is 59.8 Å². The van der Waals surface area contributed by atoms with Crippen LogP contribution in [0, 0.1) is 28.6 Å². The first-order valence-corrected chi connectivity index (χ1v) is 12.8. The van der Waals surface area contributed by atoms with Gasteiger partial charge in [-0.25, -0.2) is 13.6 Å². The van der Waals surface area contributed by atoms with Crippen molar-refractivity contribution < 1.29 is 37.7 Å². The lowest BCUT2D eigenvalue weighted by Crippen LogP contribution is -2.68. The number of aliphatic hydroxyl groups excluding tert-OH is 1. The van der Waals surface area contributed by atoms with E-state index in [-0.39, 0.29) is 54.6 Å². The zero-order valence-electron chi connectivity index (χ0n) is 21.6. The van der Waals surface area contributed by atoms with Crippen molar-refractivity contribution in [1.82, 2.24) is 0 Å². The maximum absolute atomic E-state index is 17.5. The Balaban J connectivity index is 1.75. The summed E-state index contributed by atoms with van der Waals surface area (Å²) in [7, 11) is 1.24. The van der Waals surface area contributed by atoms with E-state index >= 15 is 8.78 Å². The zero-order chi connectivity index (χ0) is 26.6. The Morgan fingerprint density at radius 1 is 1.25 bits per heavy atom. The molecule has 6 nitrogen and oxygen atoms in total. The SMILES string of the molecule is CCC(=O)O[C@H]1[C@H](C)C[C@H]2[C@@H]3C[C@H](F)C4=CC(=O)C(C/C=C/C(=O)OC)=C[C@]4(C)[C@@]3(F)[C@@H](O)C[C@@]21C. The van der Waals surface area contributed by atoms with Crippen LogP contribution in [-0.4, -0.2) is 54.0 Å². The summed E-state index contributed by atoms with van der Waals surface area (Å²) in [4.78, 5) is 36.4. The molecule has 0 amide bonds. The Morgan fingerprint density at radius 3 is 2.58 bits per heavy atom. The van der Waals surface area contributed by atoms with Crippen LogP contribution >= 0.6 is 0 Å². The molecule has 0 saturated heterocycles. The highest BCUT2D eigenvalue weighted by Crippen LogP contribution is 2.69. The molecular formula is C28H36F2O6. The van der Waals surface area contributed by atoms with E-state index in [0.717, 1.165) is 0 Å². The van der Waals surface area contributed by atoms with Gasteiger partial charge in [0.05, 0.1) is 13.2 Å². The maximum atomic E-state index is 17.5. The average molecular weight is 507 g/mol. The number of methoxy groups -OCH3 is 1. The summed E-state index contributed by atoms with van der Waals surface area (Å²) in [6, 6.07) is 0. The van der Waals surface area contributed by atoms with Gasteiger partial charge in [-0.3, -0.25) is 9.59 Å². The highest BCUT2D eigenvalue weighted by atomic mass is 19.1. The van der Waals surface area contributed by atoms with Crippen molar-refractivity contribution in [3.63, 3.8) is 0 Å². The first kappa shape index (κ1) is 26.7. The van der Waals surface area contributed by atoms with E-state index in [1.165, 1.54) is 31.4 Å². The monoisotopic (exact) mass is 506 g/mol. The molecule has 1 N–H and O–H groups in total. The van der Waals surface area contributed by atoms with Crippen molar-refractivity contribution in [3.8, 4) is 0 Å². The third-order valence-electron chi connectivity index (χ3n) is 9.38. The lowest BCUT2D eigenvalue weighted by Gasteiger charge is -2.62. The highest BCUT2D eigenvalue weighted by molar-refractivity contribution is 6.06. The largest absolute Gasteiger partial charge is 0.466 e. The number of halogens is 2. The van der Waals surface area contributed by atoms with Gasteiger partial charge in [0.25, 0.3) is 0 Å². The molecule has 0 aliphatic heterocycles. The van der Waals surface area contributed by atoms with Gasteiger partial charge in [0.1, 0.15) is 12.3 Å². The van der Waals surface area contributed by atoms with Gasteiger partial charge >= 0.3 is 11.9 Å². The second-order valence-corrected chi connectivity index (χ2v) is 11.4. The minimum atomic E-state index is -2.22. The standard InChI is InChI=1S/C28H36F2O6/c1-6-23(33)36-25-15(2)10-17-18-11-20(29)19-12-21(31)16(8-7-9-24(34)35-5)13-27(19,4)28(18,30)22(32)14-26(17,25)3/h7,9,12-13,15,17-18,20,22,25,32H,6,8,10-11,14H2,1-5H3/b9-7+/t15-,17+,18+,20+,22+,25+,26+,27+,28+/m1/s1. The number of ether oxygens (including phenoxy) is 2. The fourth-order valence-electron chi connectivity index (χ4n) is 7.69. The molecule has 0 aromatic carbocycles. The van der Waals surface area contributed by atoms with E-state index in [1.54, 1.807) is 13.8 Å². The Hall–Kier alpha value is -2.35. The molecule has 0 aromatic heterocycles. The van der Waals surface area contributed by atoms with Gasteiger partial charge in [0.15, 0.2) is 11.5 Å². The Bertz CT molecular complexity index is 1050. The molecule has 4 rings (SSSR count). The van der Waals surface area contributed by atoms with Crippen LogP contribution in [0.25, 0.3) is 0 Å². The van der Waals surface area contributed by atoms with E-state index in [0.29, 0.717) is 6.42 Å². The third kappa shape index (κ3) is 3.78. The molecule has 9 atom stereocenters. The van der Waals surface area contributed by atoms with Crippen molar-refractivity contribution in [2.45, 2.75) is 83.8 Å². The number of hydrogen-bond donors (Lipinski definition) is 1. The molecule has 4 aliphatic rings.